The minimum absolute atomic E-state index is 0.671. The number of benzene rings is 1. The molecule has 1 aromatic carbocycles. The number of hydrogen-bond donors (Lipinski definition) is 0. The lowest BCUT2D eigenvalue weighted by Gasteiger charge is -2.29. The Morgan fingerprint density at radius 3 is 2.32 bits per heavy atom. The van der Waals surface area contributed by atoms with E-state index in [-0.39, 0.29) is 0 Å². The second kappa shape index (κ2) is 7.15. The van der Waals surface area contributed by atoms with Crippen molar-refractivity contribution in [2.24, 2.45) is 0 Å². The molecule has 0 radical (unpaired) electrons. The fourth-order valence-electron chi connectivity index (χ4n) is 2.47. The van der Waals surface area contributed by atoms with Crippen molar-refractivity contribution >= 4 is 15.9 Å². The summed E-state index contributed by atoms with van der Waals surface area (Å²) in [6.45, 7) is 8.58. The largest absolute Gasteiger partial charge is 0.490 e. The highest BCUT2D eigenvalue weighted by Crippen LogP contribution is 2.33. The first-order valence-corrected chi connectivity index (χ1v) is 8.10. The number of nitrogens with zero attached hydrogens (tertiary/aromatic N) is 1. The molecule has 1 heterocycles. The van der Waals surface area contributed by atoms with Crippen LogP contribution in [0.15, 0.2) is 12.1 Å². The zero-order valence-corrected chi connectivity index (χ0v) is 13.3. The summed E-state index contributed by atoms with van der Waals surface area (Å²) in [4.78, 5) is 2.47. The molecule has 1 aliphatic rings. The molecule has 19 heavy (non-hydrogen) atoms. The number of alkyl halides is 1. The van der Waals surface area contributed by atoms with Crippen LogP contribution in [0.1, 0.15) is 25.0 Å². The SMILES string of the molecule is CCOc1cc2c(cc1OCC)CN(CCBr)CC2. The average molecular weight is 328 g/mol. The first kappa shape index (κ1) is 14.7. The Kier molecular flexibility index (Phi) is 5.52. The van der Waals surface area contributed by atoms with Gasteiger partial charge in [-0.15, -0.1) is 0 Å². The van der Waals surface area contributed by atoms with Crippen molar-refractivity contribution in [1.29, 1.82) is 0 Å². The molecule has 0 atom stereocenters. The van der Waals surface area contributed by atoms with Gasteiger partial charge in [-0.3, -0.25) is 4.90 Å². The molecule has 0 aromatic heterocycles. The standard InChI is InChI=1S/C15H22BrNO2/c1-3-18-14-9-12-5-7-17(8-6-16)11-13(12)10-15(14)19-4-2/h9-10H,3-8,11H2,1-2H3. The summed E-state index contributed by atoms with van der Waals surface area (Å²) in [6, 6.07) is 4.32. The summed E-state index contributed by atoms with van der Waals surface area (Å²) in [7, 11) is 0. The van der Waals surface area contributed by atoms with E-state index in [1.807, 2.05) is 13.8 Å². The topological polar surface area (TPSA) is 21.7 Å². The Morgan fingerprint density at radius 1 is 1.11 bits per heavy atom. The molecule has 0 unspecified atom stereocenters. The Labute approximate surface area is 124 Å². The summed E-state index contributed by atoms with van der Waals surface area (Å²) in [5, 5.41) is 1.03. The third-order valence-electron chi connectivity index (χ3n) is 3.36. The van der Waals surface area contributed by atoms with Crippen LogP contribution in [0.3, 0.4) is 0 Å². The molecule has 1 aromatic rings. The zero-order valence-electron chi connectivity index (χ0n) is 11.7. The molecule has 0 bridgehead atoms. The van der Waals surface area contributed by atoms with E-state index in [0.29, 0.717) is 13.2 Å². The molecule has 0 N–H and O–H groups in total. The van der Waals surface area contributed by atoms with Crippen LogP contribution in [-0.2, 0) is 13.0 Å². The number of rotatable bonds is 6. The highest BCUT2D eigenvalue weighted by atomic mass is 79.9. The molecule has 2 rings (SSSR count). The van der Waals surface area contributed by atoms with E-state index in [0.717, 1.165) is 42.9 Å². The number of hydrogen-bond acceptors (Lipinski definition) is 3. The van der Waals surface area contributed by atoms with Crippen molar-refractivity contribution in [2.75, 3.05) is 31.6 Å². The van der Waals surface area contributed by atoms with Gasteiger partial charge in [0, 0.05) is 25.0 Å². The molecule has 0 fully saturated rings. The molecule has 0 amide bonds. The van der Waals surface area contributed by atoms with E-state index in [1.54, 1.807) is 0 Å². The molecule has 0 aliphatic carbocycles. The van der Waals surface area contributed by atoms with Gasteiger partial charge in [-0.25, -0.2) is 0 Å². The minimum atomic E-state index is 0.671. The van der Waals surface area contributed by atoms with Crippen molar-refractivity contribution in [3.63, 3.8) is 0 Å². The summed E-state index contributed by atoms with van der Waals surface area (Å²) >= 11 is 3.51. The third-order valence-corrected chi connectivity index (χ3v) is 3.71. The summed E-state index contributed by atoms with van der Waals surface area (Å²) in [6.07, 6.45) is 1.09. The smallest absolute Gasteiger partial charge is 0.161 e. The van der Waals surface area contributed by atoms with Gasteiger partial charge in [0.05, 0.1) is 13.2 Å². The van der Waals surface area contributed by atoms with Crippen molar-refractivity contribution in [3.8, 4) is 11.5 Å². The first-order valence-electron chi connectivity index (χ1n) is 6.98. The van der Waals surface area contributed by atoms with Gasteiger partial charge in [-0.1, -0.05) is 15.9 Å². The van der Waals surface area contributed by atoms with E-state index in [9.17, 15) is 0 Å². The van der Waals surface area contributed by atoms with Crippen LogP contribution in [0.2, 0.25) is 0 Å². The highest BCUT2D eigenvalue weighted by Gasteiger charge is 2.19. The quantitative estimate of drug-likeness (QED) is 0.749. The van der Waals surface area contributed by atoms with E-state index < -0.39 is 0 Å². The van der Waals surface area contributed by atoms with Crippen molar-refractivity contribution < 1.29 is 9.47 Å². The molecular formula is C15H22BrNO2. The molecule has 106 valence electrons. The summed E-state index contributed by atoms with van der Waals surface area (Å²) in [5.74, 6) is 1.76. The molecule has 3 nitrogen and oxygen atoms in total. The van der Waals surface area contributed by atoms with Crippen LogP contribution in [0, 0.1) is 0 Å². The molecule has 0 saturated heterocycles. The van der Waals surface area contributed by atoms with E-state index >= 15 is 0 Å². The van der Waals surface area contributed by atoms with Gasteiger partial charge in [0.25, 0.3) is 0 Å². The van der Waals surface area contributed by atoms with Crippen molar-refractivity contribution in [3.05, 3.63) is 23.3 Å². The van der Waals surface area contributed by atoms with Crippen molar-refractivity contribution in [2.45, 2.75) is 26.8 Å². The maximum atomic E-state index is 5.70. The second-order valence-electron chi connectivity index (χ2n) is 4.65. The lowest BCUT2D eigenvalue weighted by molar-refractivity contribution is 0.263. The third kappa shape index (κ3) is 3.63. The van der Waals surface area contributed by atoms with Crippen LogP contribution in [-0.4, -0.2) is 36.5 Å². The average Bonchev–Trinajstić information content (AvgIpc) is 2.40. The van der Waals surface area contributed by atoms with E-state index in [2.05, 4.69) is 33.0 Å². The molecule has 1 aliphatic heterocycles. The molecule has 0 saturated carbocycles. The minimum Gasteiger partial charge on any atom is -0.490 e. The number of halogens is 1. The molecule has 0 spiro atoms. The fraction of sp³-hybridized carbons (Fsp3) is 0.600. The molecular weight excluding hydrogens is 306 g/mol. The van der Waals surface area contributed by atoms with Gasteiger partial charge in [0.2, 0.25) is 0 Å². The van der Waals surface area contributed by atoms with Crippen LogP contribution in [0.5, 0.6) is 11.5 Å². The van der Waals surface area contributed by atoms with Gasteiger partial charge < -0.3 is 9.47 Å². The van der Waals surface area contributed by atoms with Crippen molar-refractivity contribution in [1.82, 2.24) is 4.90 Å². The number of fused-ring (bicyclic) bond motifs is 1. The van der Waals surface area contributed by atoms with Crippen LogP contribution >= 0.6 is 15.9 Å². The van der Waals surface area contributed by atoms with E-state index in [1.165, 1.54) is 11.1 Å². The summed E-state index contributed by atoms with van der Waals surface area (Å²) < 4.78 is 11.4. The lowest BCUT2D eigenvalue weighted by Crippen LogP contribution is -2.32. The predicted molar refractivity (Wildman–Crippen MR) is 81.6 cm³/mol. The molecule has 4 heteroatoms. The fourth-order valence-corrected chi connectivity index (χ4v) is 2.97. The van der Waals surface area contributed by atoms with Gasteiger partial charge in [-0.2, -0.15) is 0 Å². The maximum Gasteiger partial charge on any atom is 0.161 e. The Hall–Kier alpha value is -0.740. The second-order valence-corrected chi connectivity index (χ2v) is 5.44. The monoisotopic (exact) mass is 327 g/mol. The van der Waals surface area contributed by atoms with Gasteiger partial charge in [0.1, 0.15) is 0 Å². The normalized spacial score (nSPS) is 15.1. The van der Waals surface area contributed by atoms with Crippen LogP contribution in [0.4, 0.5) is 0 Å². The Balaban J connectivity index is 2.23. The zero-order chi connectivity index (χ0) is 13.7. The highest BCUT2D eigenvalue weighted by molar-refractivity contribution is 9.09. The maximum absolute atomic E-state index is 5.70. The first-order chi connectivity index (χ1) is 9.28. The summed E-state index contributed by atoms with van der Waals surface area (Å²) in [5.41, 5.74) is 2.77. The van der Waals surface area contributed by atoms with Crippen LogP contribution in [0.25, 0.3) is 0 Å². The lowest BCUT2D eigenvalue weighted by atomic mass is 9.99. The number of ether oxygens (including phenoxy) is 2. The van der Waals surface area contributed by atoms with Gasteiger partial charge >= 0.3 is 0 Å². The Bertz CT molecular complexity index is 423. The predicted octanol–water partition coefficient (Wildman–Crippen LogP) is 3.24. The van der Waals surface area contributed by atoms with Gasteiger partial charge in [-0.05, 0) is 43.5 Å². The Morgan fingerprint density at radius 2 is 1.74 bits per heavy atom. The van der Waals surface area contributed by atoms with Crippen LogP contribution < -0.4 is 9.47 Å². The van der Waals surface area contributed by atoms with Gasteiger partial charge in [0.15, 0.2) is 11.5 Å². The van der Waals surface area contributed by atoms with E-state index in [4.69, 9.17) is 9.47 Å².